The molecule has 5 nitrogen and oxygen atoms in total. The lowest BCUT2D eigenvalue weighted by atomic mass is 9.98. The van der Waals surface area contributed by atoms with Crippen molar-refractivity contribution in [3.8, 4) is 11.1 Å². The Balaban J connectivity index is 1.80. The zero-order chi connectivity index (χ0) is 20.2. The first-order valence-corrected chi connectivity index (χ1v) is 10.2. The molecule has 2 aromatic carbocycles. The van der Waals surface area contributed by atoms with Crippen LogP contribution in [0.25, 0.3) is 22.0 Å². The molecular weight excluding hydrogens is 364 g/mol. The van der Waals surface area contributed by atoms with E-state index in [-0.39, 0.29) is 0 Å². The fraction of sp³-hybridized carbons (Fsp3) is 0.333. The minimum absolute atomic E-state index is 0.302. The van der Waals surface area contributed by atoms with Gasteiger partial charge in [0.2, 0.25) is 0 Å². The number of ether oxygens (including phenoxy) is 1. The van der Waals surface area contributed by atoms with Crippen molar-refractivity contribution >= 4 is 22.7 Å². The van der Waals surface area contributed by atoms with Crippen LogP contribution in [0.1, 0.15) is 25.3 Å². The number of aryl methyl sites for hydroxylation is 1. The van der Waals surface area contributed by atoms with Gasteiger partial charge in [-0.05, 0) is 47.7 Å². The molecule has 150 valence electrons. The number of carbonyl (C=O) groups is 1. The maximum Gasteiger partial charge on any atom is 0.334 e. The van der Waals surface area contributed by atoms with Crippen LogP contribution in [0, 0.1) is 0 Å². The number of pyridine rings is 1. The molecule has 1 atom stereocenters. The summed E-state index contributed by atoms with van der Waals surface area (Å²) in [5, 5.41) is 10.5. The normalized spacial score (nSPS) is 16.9. The van der Waals surface area contributed by atoms with Gasteiger partial charge in [0, 0.05) is 11.9 Å². The van der Waals surface area contributed by atoms with E-state index in [0.29, 0.717) is 19.7 Å². The summed E-state index contributed by atoms with van der Waals surface area (Å²) in [6.45, 7) is 3.52. The third-order valence-electron chi connectivity index (χ3n) is 5.43. The molecular formula is C24H26N2O3. The summed E-state index contributed by atoms with van der Waals surface area (Å²) in [4.78, 5) is 18.3. The molecule has 1 aliphatic rings. The highest BCUT2D eigenvalue weighted by Crippen LogP contribution is 2.33. The average molecular weight is 390 g/mol. The lowest BCUT2D eigenvalue weighted by Gasteiger charge is -2.32. The molecule has 3 aromatic rings. The molecule has 5 heteroatoms. The Bertz CT molecular complexity index is 1000. The Hall–Kier alpha value is -2.92. The molecule has 0 aliphatic carbocycles. The first-order chi connectivity index (χ1) is 14.2. The highest BCUT2D eigenvalue weighted by Gasteiger charge is 2.27. The number of fused-ring (bicyclic) bond motifs is 1. The van der Waals surface area contributed by atoms with Crippen LogP contribution in [0.4, 0.5) is 5.82 Å². The van der Waals surface area contributed by atoms with E-state index in [2.05, 4.69) is 43.3 Å². The summed E-state index contributed by atoms with van der Waals surface area (Å²) in [6, 6.07) is 18.9. The number of carboxylic acids is 1. The fourth-order valence-corrected chi connectivity index (χ4v) is 3.82. The number of aliphatic carboxylic acids is 1. The van der Waals surface area contributed by atoms with E-state index in [1.54, 1.807) is 0 Å². The minimum Gasteiger partial charge on any atom is -0.479 e. The standard InChI is InChI=1S/C24H26N2O3/c1-2-3-7-17-10-11-21-20(14-17)19(18-8-5-4-6-9-18)15-23(25-21)26-12-13-29-22(16-26)24(27)28/h4-6,8-11,14-15,22H,2-3,7,12-13,16H2,1H3,(H,27,28). The summed E-state index contributed by atoms with van der Waals surface area (Å²) in [5.74, 6) is -0.133. The van der Waals surface area contributed by atoms with Gasteiger partial charge in [0.05, 0.1) is 18.7 Å². The number of anilines is 1. The van der Waals surface area contributed by atoms with Gasteiger partial charge in [-0.3, -0.25) is 0 Å². The van der Waals surface area contributed by atoms with Crippen LogP contribution >= 0.6 is 0 Å². The zero-order valence-corrected chi connectivity index (χ0v) is 16.7. The Labute approximate surface area is 170 Å². The molecule has 0 spiro atoms. The van der Waals surface area contributed by atoms with Crippen LogP contribution in [0.15, 0.2) is 54.6 Å². The van der Waals surface area contributed by atoms with Crippen LogP contribution in [-0.4, -0.2) is 41.9 Å². The number of benzene rings is 2. The van der Waals surface area contributed by atoms with Gasteiger partial charge in [0.1, 0.15) is 5.82 Å². The van der Waals surface area contributed by atoms with Crippen molar-refractivity contribution in [2.45, 2.75) is 32.3 Å². The quantitative estimate of drug-likeness (QED) is 0.670. The molecule has 1 fully saturated rings. The third-order valence-corrected chi connectivity index (χ3v) is 5.43. The van der Waals surface area contributed by atoms with Gasteiger partial charge in [-0.1, -0.05) is 49.7 Å². The Morgan fingerprint density at radius 1 is 1.21 bits per heavy atom. The fourth-order valence-electron chi connectivity index (χ4n) is 3.82. The number of rotatable bonds is 6. The predicted octanol–water partition coefficient (Wildman–Crippen LogP) is 4.53. The number of aromatic nitrogens is 1. The molecule has 1 aliphatic heterocycles. The highest BCUT2D eigenvalue weighted by atomic mass is 16.5. The highest BCUT2D eigenvalue weighted by molar-refractivity contribution is 5.96. The van der Waals surface area contributed by atoms with E-state index in [0.717, 1.165) is 34.3 Å². The lowest BCUT2D eigenvalue weighted by Crippen LogP contribution is -2.46. The van der Waals surface area contributed by atoms with Crippen LogP contribution in [0.3, 0.4) is 0 Å². The molecule has 0 bridgehead atoms. The summed E-state index contributed by atoms with van der Waals surface area (Å²) in [6.07, 6.45) is 2.58. The number of carboxylic acid groups (broad SMARTS) is 1. The number of hydrogen-bond donors (Lipinski definition) is 1. The van der Waals surface area contributed by atoms with Crippen LogP contribution in [0.5, 0.6) is 0 Å². The van der Waals surface area contributed by atoms with Gasteiger partial charge in [-0.15, -0.1) is 0 Å². The summed E-state index contributed by atoms with van der Waals surface area (Å²) in [7, 11) is 0. The van der Waals surface area contributed by atoms with Gasteiger partial charge >= 0.3 is 5.97 Å². The molecule has 0 saturated carbocycles. The van der Waals surface area contributed by atoms with E-state index >= 15 is 0 Å². The monoisotopic (exact) mass is 390 g/mol. The smallest absolute Gasteiger partial charge is 0.334 e. The number of nitrogens with zero attached hydrogens (tertiary/aromatic N) is 2. The van der Waals surface area contributed by atoms with Crippen molar-refractivity contribution in [1.29, 1.82) is 0 Å². The van der Waals surface area contributed by atoms with Gasteiger partial charge in [-0.2, -0.15) is 0 Å². The molecule has 4 rings (SSSR count). The molecule has 1 N–H and O–H groups in total. The molecule has 29 heavy (non-hydrogen) atoms. The SMILES string of the molecule is CCCCc1ccc2nc(N3CCOC(C(=O)O)C3)cc(-c3ccccc3)c2c1. The third kappa shape index (κ3) is 4.25. The average Bonchev–Trinajstić information content (AvgIpc) is 2.77. The molecule has 1 unspecified atom stereocenters. The van der Waals surface area contributed by atoms with Crippen molar-refractivity contribution in [2.24, 2.45) is 0 Å². The van der Waals surface area contributed by atoms with Crippen molar-refractivity contribution in [2.75, 3.05) is 24.6 Å². The summed E-state index contributed by atoms with van der Waals surface area (Å²) in [5.41, 5.74) is 4.52. The van der Waals surface area contributed by atoms with Crippen LogP contribution in [-0.2, 0) is 16.0 Å². The predicted molar refractivity (Wildman–Crippen MR) is 115 cm³/mol. The Morgan fingerprint density at radius 3 is 2.79 bits per heavy atom. The first-order valence-electron chi connectivity index (χ1n) is 10.2. The molecule has 1 saturated heterocycles. The number of morpholine rings is 1. The van der Waals surface area contributed by atoms with Gasteiger partial charge < -0.3 is 14.7 Å². The van der Waals surface area contributed by atoms with Gasteiger partial charge in [0.15, 0.2) is 6.10 Å². The number of unbranched alkanes of at least 4 members (excludes halogenated alkanes) is 1. The van der Waals surface area contributed by atoms with E-state index in [9.17, 15) is 9.90 Å². The Kier molecular flexibility index (Phi) is 5.76. The second-order valence-electron chi connectivity index (χ2n) is 7.49. The molecule has 0 radical (unpaired) electrons. The first kappa shape index (κ1) is 19.4. The molecule has 2 heterocycles. The molecule has 1 aromatic heterocycles. The van der Waals surface area contributed by atoms with Crippen molar-refractivity contribution in [1.82, 2.24) is 4.98 Å². The van der Waals surface area contributed by atoms with Gasteiger partial charge in [-0.25, -0.2) is 9.78 Å². The van der Waals surface area contributed by atoms with E-state index in [1.807, 2.05) is 23.1 Å². The largest absolute Gasteiger partial charge is 0.479 e. The van der Waals surface area contributed by atoms with Crippen LogP contribution < -0.4 is 4.90 Å². The maximum absolute atomic E-state index is 11.4. The maximum atomic E-state index is 11.4. The lowest BCUT2D eigenvalue weighted by molar-refractivity contribution is -0.150. The van der Waals surface area contributed by atoms with Crippen molar-refractivity contribution < 1.29 is 14.6 Å². The molecule has 0 amide bonds. The van der Waals surface area contributed by atoms with E-state index in [4.69, 9.17) is 9.72 Å². The van der Waals surface area contributed by atoms with Crippen molar-refractivity contribution in [3.63, 3.8) is 0 Å². The zero-order valence-electron chi connectivity index (χ0n) is 16.7. The van der Waals surface area contributed by atoms with Gasteiger partial charge in [0.25, 0.3) is 0 Å². The minimum atomic E-state index is -0.931. The topological polar surface area (TPSA) is 62.7 Å². The van der Waals surface area contributed by atoms with E-state index < -0.39 is 12.1 Å². The summed E-state index contributed by atoms with van der Waals surface area (Å²) < 4.78 is 5.38. The second-order valence-corrected chi connectivity index (χ2v) is 7.49. The van der Waals surface area contributed by atoms with Crippen LogP contribution in [0.2, 0.25) is 0 Å². The summed E-state index contributed by atoms with van der Waals surface area (Å²) >= 11 is 0. The van der Waals surface area contributed by atoms with Crippen molar-refractivity contribution in [3.05, 3.63) is 60.2 Å². The van der Waals surface area contributed by atoms with E-state index in [1.165, 1.54) is 18.4 Å². The second kappa shape index (κ2) is 8.62. The Morgan fingerprint density at radius 2 is 2.03 bits per heavy atom. The number of hydrogen-bond acceptors (Lipinski definition) is 4.